The van der Waals surface area contributed by atoms with Gasteiger partial charge in [0.15, 0.2) is 0 Å². The summed E-state index contributed by atoms with van der Waals surface area (Å²) in [4.78, 5) is 7.68. The Bertz CT molecular complexity index is 3200. The van der Waals surface area contributed by atoms with Gasteiger partial charge in [0.2, 0.25) is 0 Å². The minimum atomic E-state index is 1.05. The van der Waals surface area contributed by atoms with Gasteiger partial charge in [-0.3, -0.25) is 0 Å². The highest BCUT2D eigenvalue weighted by Gasteiger charge is 2.20. The molecule has 0 unspecified atom stereocenters. The summed E-state index contributed by atoms with van der Waals surface area (Å²) in [5.41, 5.74) is 12.9. The Hall–Kier alpha value is -6.85. The Morgan fingerprint density at radius 3 is 1.60 bits per heavy atom. The van der Waals surface area contributed by atoms with Gasteiger partial charge in [-0.2, -0.15) is 0 Å². The van der Waals surface area contributed by atoms with Crippen LogP contribution in [0.4, 0.5) is 17.1 Å². The van der Waals surface area contributed by atoms with Gasteiger partial charge in [0.05, 0.1) is 10.2 Å². The highest BCUT2D eigenvalue weighted by molar-refractivity contribution is 7.27. The van der Waals surface area contributed by atoms with E-state index in [4.69, 9.17) is 4.98 Å². The van der Waals surface area contributed by atoms with Gasteiger partial charge in [-0.1, -0.05) is 152 Å². The monoisotopic (exact) mass is 762 g/mol. The van der Waals surface area contributed by atoms with Crippen molar-refractivity contribution in [2.75, 3.05) is 4.90 Å². The first-order valence-electron chi connectivity index (χ1n) is 19.2. The molecule has 11 rings (SSSR count). The number of thiazole rings is 1. The van der Waals surface area contributed by atoms with Crippen LogP contribution in [0, 0.1) is 0 Å². The van der Waals surface area contributed by atoms with Crippen molar-refractivity contribution in [1.82, 2.24) is 4.98 Å². The fourth-order valence-electron chi connectivity index (χ4n) is 8.04. The van der Waals surface area contributed by atoms with Crippen molar-refractivity contribution in [3.05, 3.63) is 206 Å². The summed E-state index contributed by atoms with van der Waals surface area (Å²) in [6.45, 7) is 0. The van der Waals surface area contributed by atoms with E-state index in [1.54, 1.807) is 11.3 Å². The number of aromatic nitrogens is 1. The number of anilines is 3. The van der Waals surface area contributed by atoms with Crippen LogP contribution < -0.4 is 4.90 Å². The predicted molar refractivity (Wildman–Crippen MR) is 246 cm³/mol. The van der Waals surface area contributed by atoms with Gasteiger partial charge in [-0.15, -0.1) is 22.7 Å². The first-order chi connectivity index (χ1) is 28.2. The largest absolute Gasteiger partial charge is 0.311 e. The molecule has 0 radical (unpaired) electrons. The third-order valence-electron chi connectivity index (χ3n) is 10.9. The van der Waals surface area contributed by atoms with Crippen molar-refractivity contribution in [2.45, 2.75) is 0 Å². The number of thiophene rings is 1. The zero-order chi connectivity index (χ0) is 37.7. The summed E-state index contributed by atoms with van der Waals surface area (Å²) in [7, 11) is 0. The summed E-state index contributed by atoms with van der Waals surface area (Å²) in [6, 6.07) is 74.4. The Labute approximate surface area is 339 Å². The maximum absolute atomic E-state index is 5.34. The molecule has 4 heteroatoms. The zero-order valence-corrected chi connectivity index (χ0v) is 32.5. The standard InChI is InChI=1S/C53H34N2S2/c1-3-11-35(12-4-1)37-19-21-38(22-20-37)39-25-29-44(30-26-39)55(43-15-5-2-6-16-43)45-31-27-40(28-32-45)47-34-49-51(50-46-17-9-10-18-48(46)56-52(47)50)54-53(57-49)42-24-23-36-13-7-8-14-41(36)33-42/h1-34H. The van der Waals surface area contributed by atoms with E-state index in [9.17, 15) is 0 Å². The molecule has 2 heterocycles. The van der Waals surface area contributed by atoms with Crippen LogP contribution >= 0.6 is 22.7 Å². The Morgan fingerprint density at radius 2 is 0.895 bits per heavy atom. The molecule has 0 atom stereocenters. The quantitative estimate of drug-likeness (QED) is 0.161. The summed E-state index contributed by atoms with van der Waals surface area (Å²) in [5.74, 6) is 0. The summed E-state index contributed by atoms with van der Waals surface area (Å²) in [5, 5.41) is 6.04. The average molecular weight is 763 g/mol. The third kappa shape index (κ3) is 6.07. The smallest absolute Gasteiger partial charge is 0.124 e. The summed E-state index contributed by atoms with van der Waals surface area (Å²) in [6.07, 6.45) is 0. The molecule has 0 spiro atoms. The van der Waals surface area contributed by atoms with Crippen LogP contribution in [-0.2, 0) is 0 Å². The lowest BCUT2D eigenvalue weighted by atomic mass is 10.00. The molecule has 0 aliphatic rings. The van der Waals surface area contributed by atoms with Gasteiger partial charge in [0.1, 0.15) is 5.01 Å². The maximum Gasteiger partial charge on any atom is 0.124 e. The lowest BCUT2D eigenvalue weighted by Crippen LogP contribution is -2.09. The molecule has 0 bridgehead atoms. The van der Waals surface area contributed by atoms with Crippen molar-refractivity contribution >= 4 is 80.9 Å². The highest BCUT2D eigenvalue weighted by Crippen LogP contribution is 2.47. The second kappa shape index (κ2) is 14.0. The summed E-state index contributed by atoms with van der Waals surface area (Å²) < 4.78 is 3.76. The molecule has 0 N–H and O–H groups in total. The molecule has 11 aromatic rings. The van der Waals surface area contributed by atoms with E-state index >= 15 is 0 Å². The fourth-order valence-corrected chi connectivity index (χ4v) is 10.3. The highest BCUT2D eigenvalue weighted by atomic mass is 32.1. The van der Waals surface area contributed by atoms with Crippen LogP contribution in [0.3, 0.4) is 0 Å². The van der Waals surface area contributed by atoms with Gasteiger partial charge < -0.3 is 4.90 Å². The first-order valence-corrected chi connectivity index (χ1v) is 20.8. The topological polar surface area (TPSA) is 16.1 Å². The van der Waals surface area contributed by atoms with Crippen LogP contribution in [0.15, 0.2) is 206 Å². The SMILES string of the molecule is c1ccc(-c2ccc(-c3ccc(N(c4ccccc4)c4ccc(-c5cc6sc(-c7ccc8ccccc8c7)nc6c6c5sc5ccccc56)cc4)cc3)cc2)cc1. The van der Waals surface area contributed by atoms with Gasteiger partial charge >= 0.3 is 0 Å². The van der Waals surface area contributed by atoms with Crippen LogP contribution in [-0.4, -0.2) is 4.98 Å². The lowest BCUT2D eigenvalue weighted by Gasteiger charge is -2.26. The number of fused-ring (bicyclic) bond motifs is 6. The van der Waals surface area contributed by atoms with Gasteiger partial charge in [-0.25, -0.2) is 4.98 Å². The van der Waals surface area contributed by atoms with E-state index in [0.717, 1.165) is 33.1 Å². The van der Waals surface area contributed by atoms with E-state index in [0.29, 0.717) is 0 Å². The van der Waals surface area contributed by atoms with E-state index in [2.05, 4.69) is 211 Å². The van der Waals surface area contributed by atoms with E-state index in [1.165, 1.54) is 69.0 Å². The van der Waals surface area contributed by atoms with E-state index < -0.39 is 0 Å². The Balaban J connectivity index is 0.973. The molecule has 268 valence electrons. The van der Waals surface area contributed by atoms with Crippen LogP contribution in [0.5, 0.6) is 0 Å². The molecule has 57 heavy (non-hydrogen) atoms. The zero-order valence-electron chi connectivity index (χ0n) is 30.8. The second-order valence-corrected chi connectivity index (χ2v) is 16.4. The number of para-hydroxylation sites is 1. The molecule has 0 fully saturated rings. The van der Waals surface area contributed by atoms with Crippen LogP contribution in [0.25, 0.3) is 85.1 Å². The molecular weight excluding hydrogens is 729 g/mol. The van der Waals surface area contributed by atoms with Crippen molar-refractivity contribution in [2.24, 2.45) is 0 Å². The molecule has 0 saturated carbocycles. The number of hydrogen-bond donors (Lipinski definition) is 0. The lowest BCUT2D eigenvalue weighted by molar-refractivity contribution is 1.28. The van der Waals surface area contributed by atoms with Gasteiger partial charge in [0, 0.05) is 48.4 Å². The van der Waals surface area contributed by atoms with Crippen molar-refractivity contribution in [1.29, 1.82) is 0 Å². The first kappa shape index (κ1) is 33.5. The minimum absolute atomic E-state index is 1.05. The van der Waals surface area contributed by atoms with Crippen molar-refractivity contribution < 1.29 is 0 Å². The normalized spacial score (nSPS) is 11.5. The fraction of sp³-hybridized carbons (Fsp3) is 0. The molecule has 0 aliphatic carbocycles. The average Bonchev–Trinajstić information content (AvgIpc) is 3.90. The Kier molecular flexibility index (Phi) is 8.24. The molecule has 2 aromatic heterocycles. The second-order valence-electron chi connectivity index (χ2n) is 14.4. The number of nitrogens with zero attached hydrogens (tertiary/aromatic N) is 2. The van der Waals surface area contributed by atoms with Crippen LogP contribution in [0.1, 0.15) is 0 Å². The maximum atomic E-state index is 5.34. The molecule has 0 amide bonds. The minimum Gasteiger partial charge on any atom is -0.311 e. The number of benzene rings is 9. The molecule has 0 saturated heterocycles. The predicted octanol–water partition coefficient (Wildman–Crippen LogP) is 16.0. The van der Waals surface area contributed by atoms with Crippen LogP contribution in [0.2, 0.25) is 0 Å². The molecular formula is C53H34N2S2. The summed E-state index contributed by atoms with van der Waals surface area (Å²) >= 11 is 3.64. The number of rotatable bonds is 7. The Morgan fingerprint density at radius 1 is 0.368 bits per heavy atom. The van der Waals surface area contributed by atoms with Crippen molar-refractivity contribution in [3.63, 3.8) is 0 Å². The van der Waals surface area contributed by atoms with Gasteiger partial charge in [-0.05, 0) is 93.2 Å². The molecule has 2 nitrogen and oxygen atoms in total. The van der Waals surface area contributed by atoms with E-state index in [-0.39, 0.29) is 0 Å². The van der Waals surface area contributed by atoms with Gasteiger partial charge in [0.25, 0.3) is 0 Å². The number of hydrogen-bond acceptors (Lipinski definition) is 4. The third-order valence-corrected chi connectivity index (χ3v) is 13.2. The molecule has 9 aromatic carbocycles. The molecule has 0 aliphatic heterocycles. The van der Waals surface area contributed by atoms with E-state index in [1.807, 2.05) is 11.3 Å². The van der Waals surface area contributed by atoms with Crippen molar-refractivity contribution in [3.8, 4) is 44.0 Å².